The number of aliphatic hydroxyl groups is 2. The Bertz CT molecular complexity index is 359. The van der Waals surface area contributed by atoms with Crippen LogP contribution in [0.25, 0.3) is 0 Å². The summed E-state index contributed by atoms with van der Waals surface area (Å²) in [6.07, 6.45) is 15.7. The zero-order chi connectivity index (χ0) is 14.8. The van der Waals surface area contributed by atoms with Crippen LogP contribution in [0.1, 0.15) is 58.3 Å². The first kappa shape index (κ1) is 16.9. The van der Waals surface area contributed by atoms with Crippen LogP contribution in [0.15, 0.2) is 29.0 Å². The van der Waals surface area contributed by atoms with Crippen LogP contribution in [0.4, 0.5) is 0 Å². The Labute approximate surface area is 121 Å². The van der Waals surface area contributed by atoms with Gasteiger partial charge in [-0.2, -0.15) is 0 Å². The van der Waals surface area contributed by atoms with E-state index in [1.54, 1.807) is 12.2 Å². The van der Waals surface area contributed by atoms with Crippen molar-refractivity contribution >= 4 is 6.21 Å². The molecule has 20 heavy (non-hydrogen) atoms. The van der Waals surface area contributed by atoms with Crippen molar-refractivity contribution in [2.24, 2.45) is 11.1 Å². The number of rotatable bonds is 9. The van der Waals surface area contributed by atoms with E-state index in [0.29, 0.717) is 0 Å². The summed E-state index contributed by atoms with van der Waals surface area (Å²) in [5.41, 5.74) is 1.07. The predicted octanol–water partition coefficient (Wildman–Crippen LogP) is 3.38. The molecule has 1 aliphatic carbocycles. The molecule has 1 aliphatic rings. The normalized spacial score (nSPS) is 21.4. The van der Waals surface area contributed by atoms with Gasteiger partial charge in [-0.15, -0.1) is 5.16 Å². The van der Waals surface area contributed by atoms with E-state index in [1.165, 1.54) is 44.6 Å². The lowest BCUT2D eigenvalue weighted by Gasteiger charge is -2.26. The van der Waals surface area contributed by atoms with Crippen LogP contribution in [-0.2, 0) is 0 Å². The molecule has 1 unspecified atom stereocenters. The van der Waals surface area contributed by atoms with E-state index in [-0.39, 0.29) is 0 Å². The van der Waals surface area contributed by atoms with Gasteiger partial charge in [0.05, 0.1) is 12.1 Å². The highest BCUT2D eigenvalue weighted by Gasteiger charge is 2.31. The molecule has 0 amide bonds. The van der Waals surface area contributed by atoms with Crippen LogP contribution < -0.4 is 0 Å². The van der Waals surface area contributed by atoms with Crippen LogP contribution in [-0.4, -0.2) is 27.4 Å². The van der Waals surface area contributed by atoms with E-state index in [0.717, 1.165) is 24.6 Å². The monoisotopic (exact) mass is 281 g/mol. The molecule has 1 atom stereocenters. The summed E-state index contributed by atoms with van der Waals surface area (Å²) in [6, 6.07) is 0. The molecule has 0 fully saturated rings. The topological polar surface area (TPSA) is 73.1 Å². The highest BCUT2D eigenvalue weighted by molar-refractivity contribution is 5.66. The van der Waals surface area contributed by atoms with Crippen LogP contribution in [0.3, 0.4) is 0 Å². The Morgan fingerprint density at radius 2 is 1.80 bits per heavy atom. The number of hydrogen-bond donors (Lipinski definition) is 3. The van der Waals surface area contributed by atoms with Crippen LogP contribution in [0.5, 0.6) is 0 Å². The SMILES string of the molecule is CCCCCCCCCC1=CC(/C=N\O)C(O)(O)C=C1. The number of unbranched alkanes of at least 4 members (excludes halogenated alkanes) is 6. The molecular weight excluding hydrogens is 254 g/mol. The van der Waals surface area contributed by atoms with E-state index in [4.69, 9.17) is 5.21 Å². The molecule has 0 aliphatic heterocycles. The fourth-order valence-electron chi connectivity index (χ4n) is 2.43. The number of oxime groups is 1. The minimum absolute atomic E-state index is 0.683. The van der Waals surface area contributed by atoms with Gasteiger partial charge in [-0.1, -0.05) is 63.2 Å². The summed E-state index contributed by atoms with van der Waals surface area (Å²) in [7, 11) is 0. The summed E-state index contributed by atoms with van der Waals surface area (Å²) in [4.78, 5) is 0. The van der Waals surface area contributed by atoms with Gasteiger partial charge < -0.3 is 15.4 Å². The van der Waals surface area contributed by atoms with Crippen molar-refractivity contribution in [1.82, 2.24) is 0 Å². The van der Waals surface area contributed by atoms with E-state index >= 15 is 0 Å². The molecule has 0 aromatic heterocycles. The molecule has 0 saturated carbocycles. The second-order valence-electron chi connectivity index (χ2n) is 5.52. The van der Waals surface area contributed by atoms with E-state index in [9.17, 15) is 10.2 Å². The van der Waals surface area contributed by atoms with E-state index in [1.807, 2.05) is 0 Å². The molecule has 114 valence electrons. The van der Waals surface area contributed by atoms with Crippen molar-refractivity contribution in [2.45, 2.75) is 64.1 Å². The fourth-order valence-corrected chi connectivity index (χ4v) is 2.43. The van der Waals surface area contributed by atoms with Crippen LogP contribution in [0, 0.1) is 5.92 Å². The fraction of sp³-hybridized carbons (Fsp3) is 0.688. The van der Waals surface area contributed by atoms with Crippen LogP contribution in [0.2, 0.25) is 0 Å². The highest BCUT2D eigenvalue weighted by atomic mass is 16.5. The molecule has 0 spiro atoms. The molecule has 0 bridgehead atoms. The van der Waals surface area contributed by atoms with Gasteiger partial charge in [0.25, 0.3) is 0 Å². The predicted molar refractivity (Wildman–Crippen MR) is 80.8 cm³/mol. The molecule has 0 heterocycles. The maximum atomic E-state index is 9.70. The molecule has 0 saturated heterocycles. The smallest absolute Gasteiger partial charge is 0.194 e. The minimum Gasteiger partial charge on any atom is -0.411 e. The summed E-state index contributed by atoms with van der Waals surface area (Å²) >= 11 is 0. The second kappa shape index (κ2) is 8.93. The first-order valence-electron chi connectivity index (χ1n) is 7.62. The Kier molecular flexibility index (Phi) is 7.55. The van der Waals surface area contributed by atoms with Crippen molar-refractivity contribution in [3.8, 4) is 0 Å². The summed E-state index contributed by atoms with van der Waals surface area (Å²) < 4.78 is 0. The Hall–Kier alpha value is -1.13. The molecule has 0 aromatic rings. The third-order valence-corrected chi connectivity index (χ3v) is 3.72. The Balaban J connectivity index is 2.28. The van der Waals surface area contributed by atoms with Gasteiger partial charge in [0, 0.05) is 0 Å². The minimum atomic E-state index is -1.95. The van der Waals surface area contributed by atoms with Gasteiger partial charge in [0.2, 0.25) is 0 Å². The molecule has 3 N–H and O–H groups in total. The third kappa shape index (κ3) is 5.88. The molecule has 4 heteroatoms. The first-order valence-corrected chi connectivity index (χ1v) is 7.62. The lowest BCUT2D eigenvalue weighted by atomic mass is 9.89. The lowest BCUT2D eigenvalue weighted by Crippen LogP contribution is -2.37. The third-order valence-electron chi connectivity index (χ3n) is 3.72. The summed E-state index contributed by atoms with van der Waals surface area (Å²) in [5, 5.41) is 30.8. The van der Waals surface area contributed by atoms with Crippen molar-refractivity contribution in [1.29, 1.82) is 0 Å². The van der Waals surface area contributed by atoms with Gasteiger partial charge in [0.1, 0.15) is 0 Å². The maximum Gasteiger partial charge on any atom is 0.194 e. The number of nitrogens with zero attached hydrogens (tertiary/aromatic N) is 1. The zero-order valence-electron chi connectivity index (χ0n) is 12.3. The maximum absolute atomic E-state index is 9.70. The number of hydrogen-bond acceptors (Lipinski definition) is 4. The first-order chi connectivity index (χ1) is 9.60. The van der Waals surface area contributed by atoms with Crippen molar-refractivity contribution in [2.75, 3.05) is 0 Å². The summed E-state index contributed by atoms with van der Waals surface area (Å²) in [5.74, 6) is -2.63. The van der Waals surface area contributed by atoms with Gasteiger partial charge in [-0.3, -0.25) is 0 Å². The quantitative estimate of drug-likeness (QED) is 0.199. The Morgan fingerprint density at radius 1 is 1.15 bits per heavy atom. The van der Waals surface area contributed by atoms with Gasteiger partial charge in [0.15, 0.2) is 5.79 Å². The Morgan fingerprint density at radius 3 is 2.45 bits per heavy atom. The largest absolute Gasteiger partial charge is 0.411 e. The lowest BCUT2D eigenvalue weighted by molar-refractivity contribution is -0.131. The highest BCUT2D eigenvalue weighted by Crippen LogP contribution is 2.26. The van der Waals surface area contributed by atoms with E-state index < -0.39 is 11.7 Å². The molecule has 0 aromatic carbocycles. The molecule has 4 nitrogen and oxygen atoms in total. The molecule has 0 radical (unpaired) electrons. The van der Waals surface area contributed by atoms with Gasteiger partial charge in [-0.25, -0.2) is 0 Å². The summed E-state index contributed by atoms with van der Waals surface area (Å²) in [6.45, 7) is 2.22. The van der Waals surface area contributed by atoms with Gasteiger partial charge in [-0.05, 0) is 18.9 Å². The standard InChI is InChI=1S/C16H27NO3/c1-2-3-4-5-6-7-8-9-14-10-11-16(18,19)15(12-14)13-17-20/h10-13,15,18-20H,2-9H2,1H3/b17-13-. The van der Waals surface area contributed by atoms with Crippen molar-refractivity contribution in [3.05, 3.63) is 23.8 Å². The van der Waals surface area contributed by atoms with Crippen molar-refractivity contribution in [3.63, 3.8) is 0 Å². The van der Waals surface area contributed by atoms with Gasteiger partial charge >= 0.3 is 0 Å². The van der Waals surface area contributed by atoms with Crippen molar-refractivity contribution < 1.29 is 15.4 Å². The molecule has 1 rings (SSSR count). The molecular formula is C16H27NO3. The van der Waals surface area contributed by atoms with Crippen LogP contribution >= 0.6 is 0 Å². The zero-order valence-corrected chi connectivity index (χ0v) is 12.3. The average molecular weight is 281 g/mol. The van der Waals surface area contributed by atoms with E-state index in [2.05, 4.69) is 12.1 Å². The number of allylic oxidation sites excluding steroid dienone is 2. The second-order valence-corrected chi connectivity index (χ2v) is 5.52. The average Bonchev–Trinajstić information content (AvgIpc) is 2.41.